The molecular weight excluding hydrogens is 226 g/mol. The van der Waals surface area contributed by atoms with Crippen molar-refractivity contribution in [3.05, 3.63) is 35.7 Å². The van der Waals surface area contributed by atoms with Gasteiger partial charge in [-0.3, -0.25) is 4.68 Å². The second-order valence-corrected chi connectivity index (χ2v) is 4.24. The highest BCUT2D eigenvalue weighted by atomic mass is 16.5. The van der Waals surface area contributed by atoms with Crippen LogP contribution in [-0.2, 0) is 20.0 Å². The third-order valence-electron chi connectivity index (χ3n) is 3.06. The van der Waals surface area contributed by atoms with Gasteiger partial charge in [-0.05, 0) is 29.7 Å². The highest BCUT2D eigenvalue weighted by molar-refractivity contribution is 5.70. The van der Waals surface area contributed by atoms with Gasteiger partial charge in [-0.25, -0.2) is 0 Å². The number of hydrogen-bond donors (Lipinski definition) is 1. The fourth-order valence-electron chi connectivity index (χ4n) is 2.15. The fourth-order valence-corrected chi connectivity index (χ4v) is 2.15. The van der Waals surface area contributed by atoms with Crippen LogP contribution in [0.1, 0.15) is 18.2 Å². The number of nitrogens with zero attached hydrogens (tertiary/aromatic N) is 2. The molecule has 0 radical (unpaired) electrons. The Labute approximate surface area is 107 Å². The summed E-state index contributed by atoms with van der Waals surface area (Å²) in [6.45, 7) is 2.60. The van der Waals surface area contributed by atoms with Crippen LogP contribution in [0, 0.1) is 0 Å². The Morgan fingerprint density at radius 1 is 1.33 bits per heavy atom. The van der Waals surface area contributed by atoms with Crippen molar-refractivity contribution in [2.75, 3.05) is 7.11 Å². The van der Waals surface area contributed by atoms with Gasteiger partial charge in [0.15, 0.2) is 0 Å². The molecule has 2 N–H and O–H groups in total. The normalized spacial score (nSPS) is 10.7. The zero-order chi connectivity index (χ0) is 13.1. The minimum absolute atomic E-state index is 0.491. The minimum atomic E-state index is 0.491. The van der Waals surface area contributed by atoms with Gasteiger partial charge < -0.3 is 10.5 Å². The summed E-state index contributed by atoms with van der Waals surface area (Å²) in [5.41, 5.74) is 10.3. The van der Waals surface area contributed by atoms with Gasteiger partial charge in [0, 0.05) is 25.4 Å². The summed E-state index contributed by atoms with van der Waals surface area (Å²) < 4.78 is 7.08. The van der Waals surface area contributed by atoms with Crippen LogP contribution in [0.2, 0.25) is 0 Å². The molecule has 1 aromatic carbocycles. The average molecular weight is 245 g/mol. The molecule has 0 saturated carbocycles. The number of rotatable bonds is 4. The lowest BCUT2D eigenvalue weighted by Crippen LogP contribution is -2.00. The van der Waals surface area contributed by atoms with Gasteiger partial charge in [0.1, 0.15) is 5.75 Å². The van der Waals surface area contributed by atoms with E-state index in [1.165, 1.54) is 0 Å². The van der Waals surface area contributed by atoms with E-state index in [4.69, 9.17) is 10.5 Å². The van der Waals surface area contributed by atoms with Crippen molar-refractivity contribution in [3.63, 3.8) is 0 Å². The predicted octanol–water partition coefficient (Wildman–Crippen LogP) is 2.12. The first-order chi connectivity index (χ1) is 8.69. The average Bonchev–Trinajstić information content (AvgIpc) is 2.78. The molecule has 1 heterocycles. The van der Waals surface area contributed by atoms with E-state index in [1.807, 2.05) is 30.1 Å². The van der Waals surface area contributed by atoms with Gasteiger partial charge in [0.05, 0.1) is 12.8 Å². The molecule has 0 unspecified atom stereocenters. The number of nitrogens with two attached hydrogens (primary N) is 1. The number of aromatic nitrogens is 2. The van der Waals surface area contributed by atoms with Gasteiger partial charge in [0.25, 0.3) is 0 Å². The summed E-state index contributed by atoms with van der Waals surface area (Å²) in [7, 11) is 3.60. The zero-order valence-electron chi connectivity index (χ0n) is 11.1. The summed E-state index contributed by atoms with van der Waals surface area (Å²) in [6.07, 6.45) is 2.95. The van der Waals surface area contributed by atoms with Gasteiger partial charge in [-0.15, -0.1) is 0 Å². The number of ether oxygens (including phenoxy) is 1. The molecular formula is C14H19N3O. The van der Waals surface area contributed by atoms with E-state index in [1.54, 1.807) is 7.11 Å². The molecule has 0 fully saturated rings. The van der Waals surface area contributed by atoms with Crippen LogP contribution in [0.4, 0.5) is 0 Å². The Bertz CT molecular complexity index is 546. The zero-order valence-corrected chi connectivity index (χ0v) is 11.1. The molecule has 0 spiro atoms. The predicted molar refractivity (Wildman–Crippen MR) is 72.5 cm³/mol. The topological polar surface area (TPSA) is 53.1 Å². The van der Waals surface area contributed by atoms with Crippen LogP contribution in [-0.4, -0.2) is 16.9 Å². The first kappa shape index (κ1) is 12.6. The molecule has 0 amide bonds. The van der Waals surface area contributed by atoms with Crippen molar-refractivity contribution >= 4 is 0 Å². The minimum Gasteiger partial charge on any atom is -0.497 e. The number of methoxy groups -OCH3 is 1. The van der Waals surface area contributed by atoms with E-state index in [0.29, 0.717) is 6.54 Å². The molecule has 0 atom stereocenters. The molecule has 2 aromatic rings. The molecule has 4 heteroatoms. The smallest absolute Gasteiger partial charge is 0.119 e. The molecule has 0 aliphatic rings. The van der Waals surface area contributed by atoms with E-state index in [2.05, 4.69) is 18.1 Å². The molecule has 0 aliphatic heterocycles. The maximum Gasteiger partial charge on any atom is 0.119 e. The van der Waals surface area contributed by atoms with E-state index >= 15 is 0 Å². The Kier molecular flexibility index (Phi) is 3.67. The standard InChI is InChI=1S/C14H19N3O/c1-4-14-13(9-17(2)16-14)12-6-5-11(18-3)7-10(12)8-15/h5-7,9H,4,8,15H2,1-3H3. The lowest BCUT2D eigenvalue weighted by Gasteiger charge is -2.09. The molecule has 0 saturated heterocycles. The summed E-state index contributed by atoms with van der Waals surface area (Å²) in [6, 6.07) is 6.00. The lowest BCUT2D eigenvalue weighted by molar-refractivity contribution is 0.414. The number of aryl methyl sites for hydroxylation is 2. The quantitative estimate of drug-likeness (QED) is 0.897. The highest BCUT2D eigenvalue weighted by Gasteiger charge is 2.12. The third-order valence-corrected chi connectivity index (χ3v) is 3.06. The van der Waals surface area contributed by atoms with Crippen molar-refractivity contribution in [1.29, 1.82) is 0 Å². The van der Waals surface area contributed by atoms with E-state index < -0.39 is 0 Å². The summed E-state index contributed by atoms with van der Waals surface area (Å²) in [5, 5.41) is 4.47. The first-order valence-corrected chi connectivity index (χ1v) is 6.09. The summed E-state index contributed by atoms with van der Waals surface area (Å²) >= 11 is 0. The Morgan fingerprint density at radius 3 is 2.72 bits per heavy atom. The van der Waals surface area contributed by atoms with Crippen LogP contribution >= 0.6 is 0 Å². The van der Waals surface area contributed by atoms with Crippen LogP contribution in [0.15, 0.2) is 24.4 Å². The van der Waals surface area contributed by atoms with Gasteiger partial charge in [0.2, 0.25) is 0 Å². The van der Waals surface area contributed by atoms with E-state index in [9.17, 15) is 0 Å². The molecule has 1 aromatic heterocycles. The largest absolute Gasteiger partial charge is 0.497 e. The van der Waals surface area contributed by atoms with Gasteiger partial charge >= 0.3 is 0 Å². The van der Waals surface area contributed by atoms with E-state index in [0.717, 1.165) is 34.6 Å². The van der Waals surface area contributed by atoms with Crippen LogP contribution in [0.5, 0.6) is 5.75 Å². The summed E-state index contributed by atoms with van der Waals surface area (Å²) in [5.74, 6) is 0.834. The Balaban J connectivity index is 2.55. The molecule has 0 bridgehead atoms. The number of benzene rings is 1. The Morgan fingerprint density at radius 2 is 2.11 bits per heavy atom. The van der Waals surface area contributed by atoms with Crippen molar-refractivity contribution in [2.45, 2.75) is 19.9 Å². The summed E-state index contributed by atoms with van der Waals surface area (Å²) in [4.78, 5) is 0. The lowest BCUT2D eigenvalue weighted by atomic mass is 9.99. The second kappa shape index (κ2) is 5.23. The van der Waals surface area contributed by atoms with Crippen molar-refractivity contribution < 1.29 is 4.74 Å². The SMILES string of the molecule is CCc1nn(C)cc1-c1ccc(OC)cc1CN. The maximum atomic E-state index is 5.83. The monoisotopic (exact) mass is 245 g/mol. The van der Waals surface area contributed by atoms with Crippen LogP contribution in [0.25, 0.3) is 11.1 Å². The van der Waals surface area contributed by atoms with Crippen LogP contribution < -0.4 is 10.5 Å². The highest BCUT2D eigenvalue weighted by Crippen LogP contribution is 2.29. The van der Waals surface area contributed by atoms with Gasteiger partial charge in [-0.1, -0.05) is 13.0 Å². The van der Waals surface area contributed by atoms with Gasteiger partial charge in [-0.2, -0.15) is 5.10 Å². The fraction of sp³-hybridized carbons (Fsp3) is 0.357. The van der Waals surface area contributed by atoms with Crippen molar-refractivity contribution in [2.24, 2.45) is 12.8 Å². The van der Waals surface area contributed by atoms with Crippen molar-refractivity contribution in [3.8, 4) is 16.9 Å². The maximum absolute atomic E-state index is 5.83. The second-order valence-electron chi connectivity index (χ2n) is 4.24. The van der Waals surface area contributed by atoms with E-state index in [-0.39, 0.29) is 0 Å². The number of hydrogen-bond acceptors (Lipinski definition) is 3. The molecule has 0 aliphatic carbocycles. The van der Waals surface area contributed by atoms with Crippen molar-refractivity contribution in [1.82, 2.24) is 9.78 Å². The first-order valence-electron chi connectivity index (χ1n) is 6.09. The molecule has 4 nitrogen and oxygen atoms in total. The molecule has 96 valence electrons. The third kappa shape index (κ3) is 2.24. The molecule has 18 heavy (non-hydrogen) atoms. The molecule has 2 rings (SSSR count). The van der Waals surface area contributed by atoms with Crippen LogP contribution in [0.3, 0.4) is 0 Å². The Hall–Kier alpha value is -1.81.